The lowest BCUT2D eigenvalue weighted by Gasteiger charge is -2.04. The molecule has 0 saturated carbocycles. The van der Waals surface area contributed by atoms with Crippen LogP contribution in [0.5, 0.6) is 5.75 Å². The van der Waals surface area contributed by atoms with Crippen LogP contribution in [-0.2, 0) is 11.2 Å². The van der Waals surface area contributed by atoms with Crippen LogP contribution in [0.3, 0.4) is 0 Å². The second kappa shape index (κ2) is 5.75. The van der Waals surface area contributed by atoms with Gasteiger partial charge in [0.1, 0.15) is 5.75 Å². The predicted octanol–water partition coefficient (Wildman–Crippen LogP) is 2.00. The number of rotatable bonds is 5. The number of nitro groups is 1. The van der Waals surface area contributed by atoms with Gasteiger partial charge in [-0.05, 0) is 17.7 Å². The number of methoxy groups -OCH3 is 2. The smallest absolute Gasteiger partial charge is 0.272 e. The maximum absolute atomic E-state index is 10.3. The summed E-state index contributed by atoms with van der Waals surface area (Å²) in [6.07, 6.45) is 1.26. The van der Waals surface area contributed by atoms with Crippen molar-refractivity contribution in [2.24, 2.45) is 0 Å². The van der Waals surface area contributed by atoms with Crippen LogP contribution in [0.15, 0.2) is 36.2 Å². The Morgan fingerprint density at radius 2 is 2.00 bits per heavy atom. The molecule has 0 aromatic heterocycles. The third kappa shape index (κ3) is 3.61. The third-order valence-electron chi connectivity index (χ3n) is 2.05. The Labute approximate surface area is 93.4 Å². The number of nitrogens with zero attached hydrogens (tertiary/aromatic N) is 1. The summed E-state index contributed by atoms with van der Waals surface area (Å²) in [6.45, 7) is 0. The van der Waals surface area contributed by atoms with Crippen LogP contribution in [-0.4, -0.2) is 19.1 Å². The average molecular weight is 223 g/mol. The second-order valence-corrected chi connectivity index (χ2v) is 3.11. The summed E-state index contributed by atoms with van der Waals surface area (Å²) in [5, 5.41) is 10.3. The van der Waals surface area contributed by atoms with Crippen LogP contribution in [0.2, 0.25) is 0 Å². The normalized spacial score (nSPS) is 11.0. The van der Waals surface area contributed by atoms with E-state index in [1.165, 1.54) is 7.11 Å². The topological polar surface area (TPSA) is 61.6 Å². The van der Waals surface area contributed by atoms with Crippen molar-refractivity contribution < 1.29 is 14.4 Å². The molecular weight excluding hydrogens is 210 g/mol. The van der Waals surface area contributed by atoms with Crippen LogP contribution in [0, 0.1) is 10.1 Å². The number of hydrogen-bond acceptors (Lipinski definition) is 4. The molecule has 0 bridgehead atoms. The van der Waals surface area contributed by atoms with Crippen molar-refractivity contribution in [3.05, 3.63) is 51.9 Å². The molecule has 0 radical (unpaired) electrons. The fourth-order valence-electron chi connectivity index (χ4n) is 1.23. The van der Waals surface area contributed by atoms with E-state index in [2.05, 4.69) is 0 Å². The van der Waals surface area contributed by atoms with Crippen molar-refractivity contribution >= 4 is 0 Å². The largest absolute Gasteiger partial charge is 0.497 e. The second-order valence-electron chi connectivity index (χ2n) is 3.11. The Hall–Kier alpha value is -2.04. The standard InChI is InChI=1S/C11H13NO4/c1-15-10-5-3-9(4-6-10)7-11(16-2)8-12(13)14/h3-6,8H,7H2,1-2H3. The highest BCUT2D eigenvalue weighted by atomic mass is 16.6. The minimum atomic E-state index is -0.525. The molecule has 0 spiro atoms. The van der Waals surface area contributed by atoms with Crippen molar-refractivity contribution in [2.45, 2.75) is 6.42 Å². The van der Waals surface area contributed by atoms with Crippen molar-refractivity contribution in [2.75, 3.05) is 14.2 Å². The molecule has 0 aliphatic carbocycles. The van der Waals surface area contributed by atoms with E-state index in [9.17, 15) is 10.1 Å². The highest BCUT2D eigenvalue weighted by Gasteiger charge is 2.04. The number of benzene rings is 1. The first-order valence-electron chi connectivity index (χ1n) is 4.67. The summed E-state index contributed by atoms with van der Waals surface area (Å²) in [7, 11) is 3.00. The molecule has 1 rings (SSSR count). The Kier molecular flexibility index (Phi) is 4.32. The molecule has 5 heteroatoms. The predicted molar refractivity (Wildman–Crippen MR) is 58.8 cm³/mol. The first kappa shape index (κ1) is 12.0. The van der Waals surface area contributed by atoms with Gasteiger partial charge in [-0.3, -0.25) is 10.1 Å². The maximum atomic E-state index is 10.3. The molecule has 0 saturated heterocycles. The number of hydrogen-bond donors (Lipinski definition) is 0. The van der Waals surface area contributed by atoms with Gasteiger partial charge in [-0.2, -0.15) is 0 Å². The first-order chi connectivity index (χ1) is 7.65. The van der Waals surface area contributed by atoms with Gasteiger partial charge in [-0.25, -0.2) is 0 Å². The summed E-state index contributed by atoms with van der Waals surface area (Å²) < 4.78 is 9.92. The zero-order chi connectivity index (χ0) is 12.0. The molecule has 86 valence electrons. The fraction of sp³-hybridized carbons (Fsp3) is 0.273. The monoisotopic (exact) mass is 223 g/mol. The fourth-order valence-corrected chi connectivity index (χ4v) is 1.23. The van der Waals surface area contributed by atoms with Gasteiger partial charge in [-0.1, -0.05) is 12.1 Å². The third-order valence-corrected chi connectivity index (χ3v) is 2.05. The molecule has 0 atom stereocenters. The van der Waals surface area contributed by atoms with Crippen LogP contribution >= 0.6 is 0 Å². The Morgan fingerprint density at radius 3 is 2.44 bits per heavy atom. The summed E-state index contributed by atoms with van der Waals surface area (Å²) in [6, 6.07) is 7.28. The van der Waals surface area contributed by atoms with E-state index in [-0.39, 0.29) is 0 Å². The van der Waals surface area contributed by atoms with E-state index in [4.69, 9.17) is 9.47 Å². The van der Waals surface area contributed by atoms with Gasteiger partial charge < -0.3 is 9.47 Å². The average Bonchev–Trinajstić information content (AvgIpc) is 2.28. The lowest BCUT2D eigenvalue weighted by molar-refractivity contribution is -0.405. The number of ether oxygens (including phenoxy) is 2. The van der Waals surface area contributed by atoms with Crippen molar-refractivity contribution in [1.29, 1.82) is 0 Å². The van der Waals surface area contributed by atoms with Gasteiger partial charge in [0.15, 0.2) is 5.76 Å². The van der Waals surface area contributed by atoms with Gasteiger partial charge in [0.2, 0.25) is 0 Å². The van der Waals surface area contributed by atoms with E-state index in [0.29, 0.717) is 12.2 Å². The van der Waals surface area contributed by atoms with Crippen molar-refractivity contribution in [3.8, 4) is 5.75 Å². The zero-order valence-electron chi connectivity index (χ0n) is 9.17. The molecule has 0 aliphatic heterocycles. The van der Waals surface area contributed by atoms with Crippen LogP contribution < -0.4 is 4.74 Å². The molecule has 0 amide bonds. The lowest BCUT2D eigenvalue weighted by Crippen LogP contribution is -1.97. The van der Waals surface area contributed by atoms with Crippen LogP contribution in [0.1, 0.15) is 5.56 Å². The number of allylic oxidation sites excluding steroid dienone is 1. The highest BCUT2D eigenvalue weighted by Crippen LogP contribution is 2.14. The van der Waals surface area contributed by atoms with Crippen LogP contribution in [0.4, 0.5) is 0 Å². The summed E-state index contributed by atoms with van der Waals surface area (Å²) in [4.78, 5) is 9.76. The molecule has 1 aromatic rings. The molecule has 0 fully saturated rings. The van der Waals surface area contributed by atoms with Crippen LogP contribution in [0.25, 0.3) is 0 Å². The first-order valence-corrected chi connectivity index (χ1v) is 4.67. The molecule has 16 heavy (non-hydrogen) atoms. The maximum Gasteiger partial charge on any atom is 0.272 e. The lowest BCUT2D eigenvalue weighted by atomic mass is 10.1. The van der Waals surface area contributed by atoms with Gasteiger partial charge in [-0.15, -0.1) is 0 Å². The van der Waals surface area contributed by atoms with E-state index in [1.807, 2.05) is 12.1 Å². The molecule has 0 unspecified atom stereocenters. The minimum Gasteiger partial charge on any atom is -0.497 e. The Balaban J connectivity index is 2.74. The molecule has 1 aromatic carbocycles. The summed E-state index contributed by atoms with van der Waals surface area (Å²) in [5.74, 6) is 1.07. The quantitative estimate of drug-likeness (QED) is 0.435. The summed E-state index contributed by atoms with van der Waals surface area (Å²) in [5.41, 5.74) is 0.927. The highest BCUT2D eigenvalue weighted by molar-refractivity contribution is 5.28. The van der Waals surface area contributed by atoms with Crippen molar-refractivity contribution in [1.82, 2.24) is 0 Å². The molecule has 5 nitrogen and oxygen atoms in total. The van der Waals surface area contributed by atoms with Gasteiger partial charge in [0, 0.05) is 6.42 Å². The van der Waals surface area contributed by atoms with E-state index >= 15 is 0 Å². The van der Waals surface area contributed by atoms with Crippen molar-refractivity contribution in [3.63, 3.8) is 0 Å². The molecular formula is C11H13NO4. The van der Waals surface area contributed by atoms with E-state index in [1.54, 1.807) is 19.2 Å². The molecule has 0 aliphatic rings. The molecule has 0 N–H and O–H groups in total. The van der Waals surface area contributed by atoms with Gasteiger partial charge >= 0.3 is 0 Å². The van der Waals surface area contributed by atoms with Gasteiger partial charge in [0.05, 0.1) is 19.1 Å². The SMILES string of the molecule is COC(=C[N+](=O)[O-])Cc1ccc(OC)cc1. The van der Waals surface area contributed by atoms with Gasteiger partial charge in [0.25, 0.3) is 6.20 Å². The Bertz CT molecular complexity index is 383. The summed E-state index contributed by atoms with van der Waals surface area (Å²) >= 11 is 0. The Morgan fingerprint density at radius 1 is 1.38 bits per heavy atom. The minimum absolute atomic E-state index is 0.315. The zero-order valence-corrected chi connectivity index (χ0v) is 9.17. The van der Waals surface area contributed by atoms with E-state index in [0.717, 1.165) is 17.5 Å². The van der Waals surface area contributed by atoms with E-state index < -0.39 is 4.92 Å². The molecule has 0 heterocycles.